The van der Waals surface area contributed by atoms with E-state index in [0.717, 1.165) is 55.9 Å². The normalized spacial score (nSPS) is 12.6. The molecule has 0 atom stereocenters. The van der Waals surface area contributed by atoms with Gasteiger partial charge in [0.1, 0.15) is 24.9 Å². The summed E-state index contributed by atoms with van der Waals surface area (Å²) in [5.74, 6) is 1.51. The third kappa shape index (κ3) is 7.08. The third-order valence-electron chi connectivity index (χ3n) is 6.15. The first-order valence-electron chi connectivity index (χ1n) is 12.7. The molecule has 0 aliphatic rings. The Kier molecular flexibility index (Phi) is 8.59. The van der Waals surface area contributed by atoms with Crippen LogP contribution in [0.4, 0.5) is 0 Å². The molecular formula is C26H38BrN5O3Si2. The Morgan fingerprint density at radius 3 is 2.24 bits per heavy atom. The number of imidazole rings is 1. The van der Waals surface area contributed by atoms with Crippen molar-refractivity contribution in [2.24, 2.45) is 0 Å². The zero-order chi connectivity index (χ0) is 26.8. The van der Waals surface area contributed by atoms with Crippen LogP contribution in [0.5, 0.6) is 5.75 Å². The van der Waals surface area contributed by atoms with E-state index in [9.17, 15) is 0 Å². The first kappa shape index (κ1) is 28.0. The van der Waals surface area contributed by atoms with Crippen LogP contribution in [0.1, 0.15) is 0 Å². The second-order valence-electron chi connectivity index (χ2n) is 11.8. The van der Waals surface area contributed by atoms with Crippen molar-refractivity contribution in [1.82, 2.24) is 24.3 Å². The smallest absolute Gasteiger partial charge is 0.164 e. The quantitative estimate of drug-likeness (QED) is 0.130. The van der Waals surface area contributed by atoms with Crippen molar-refractivity contribution in [3.63, 3.8) is 0 Å². The van der Waals surface area contributed by atoms with Crippen molar-refractivity contribution in [2.45, 2.75) is 64.8 Å². The zero-order valence-corrected chi connectivity index (χ0v) is 26.6. The Morgan fingerprint density at radius 2 is 1.59 bits per heavy atom. The summed E-state index contributed by atoms with van der Waals surface area (Å²) < 4.78 is 22.5. The number of rotatable bonds is 12. The maximum Gasteiger partial charge on any atom is 0.164 e. The summed E-state index contributed by atoms with van der Waals surface area (Å²) in [6.07, 6.45) is 1.79. The average Bonchev–Trinajstić information content (AvgIpc) is 3.35. The predicted octanol–water partition coefficient (Wildman–Crippen LogP) is 6.84. The van der Waals surface area contributed by atoms with Gasteiger partial charge in [-0.1, -0.05) is 39.3 Å². The lowest BCUT2D eigenvalue weighted by Gasteiger charge is -2.16. The Balaban J connectivity index is 1.74. The van der Waals surface area contributed by atoms with Gasteiger partial charge in [-0.3, -0.25) is 4.57 Å². The van der Waals surface area contributed by atoms with Crippen LogP contribution in [-0.4, -0.2) is 60.8 Å². The summed E-state index contributed by atoms with van der Waals surface area (Å²) in [4.78, 5) is 9.66. The van der Waals surface area contributed by atoms with Crippen LogP contribution in [0.15, 0.2) is 34.9 Å². The minimum atomic E-state index is -1.20. The summed E-state index contributed by atoms with van der Waals surface area (Å²) >= 11 is 3.59. The molecule has 0 spiro atoms. The topological polar surface area (TPSA) is 76.2 Å². The fraction of sp³-hybridized carbons (Fsp3) is 0.500. The van der Waals surface area contributed by atoms with E-state index < -0.39 is 16.1 Å². The van der Waals surface area contributed by atoms with Crippen LogP contribution >= 0.6 is 15.9 Å². The van der Waals surface area contributed by atoms with E-state index in [2.05, 4.69) is 64.8 Å². The van der Waals surface area contributed by atoms with Crippen LogP contribution in [0.25, 0.3) is 33.6 Å². The van der Waals surface area contributed by atoms with Crippen LogP contribution in [0.2, 0.25) is 51.4 Å². The van der Waals surface area contributed by atoms with E-state index in [-0.39, 0.29) is 0 Å². The number of aromatic nitrogens is 5. The van der Waals surface area contributed by atoms with Gasteiger partial charge in [0.05, 0.1) is 23.5 Å². The minimum absolute atomic E-state index is 0.344. The minimum Gasteiger partial charge on any atom is -0.497 e. The molecule has 0 unspecified atom stereocenters. The van der Waals surface area contributed by atoms with Gasteiger partial charge in [-0.2, -0.15) is 5.10 Å². The molecule has 11 heteroatoms. The van der Waals surface area contributed by atoms with Crippen molar-refractivity contribution >= 4 is 54.1 Å². The molecule has 0 aliphatic carbocycles. The van der Waals surface area contributed by atoms with E-state index in [0.29, 0.717) is 26.7 Å². The molecule has 4 aromatic rings. The molecule has 1 aromatic carbocycles. The molecule has 0 fully saturated rings. The fourth-order valence-electron chi connectivity index (χ4n) is 3.89. The lowest BCUT2D eigenvalue weighted by atomic mass is 10.2. The van der Waals surface area contributed by atoms with E-state index >= 15 is 0 Å². The van der Waals surface area contributed by atoms with Gasteiger partial charge in [0.2, 0.25) is 0 Å². The summed E-state index contributed by atoms with van der Waals surface area (Å²) in [6.45, 7) is 16.3. The molecule has 0 radical (unpaired) electrons. The van der Waals surface area contributed by atoms with Gasteiger partial charge in [0.15, 0.2) is 11.5 Å². The molecule has 3 heterocycles. The molecule has 3 aromatic heterocycles. The Morgan fingerprint density at radius 1 is 0.919 bits per heavy atom. The van der Waals surface area contributed by atoms with E-state index in [1.807, 2.05) is 28.9 Å². The van der Waals surface area contributed by atoms with Gasteiger partial charge in [-0.05, 0) is 46.2 Å². The molecular weight excluding hydrogens is 566 g/mol. The standard InChI is InChI=1S/C26H38BrN5O3Si2/c1-33-20-8-9-22-23(15-20)31(17-34-10-12-36(2,3)4)26(29-22)24-21-14-19(27)16-28-25(21)32(30-24)18-35-11-13-37(5,6)7/h8-9,14-16H,10-13,17-18H2,1-7H3. The van der Waals surface area contributed by atoms with Crippen LogP contribution in [0.3, 0.4) is 0 Å². The highest BCUT2D eigenvalue weighted by atomic mass is 79.9. The maximum atomic E-state index is 6.19. The van der Waals surface area contributed by atoms with Crippen LogP contribution < -0.4 is 4.74 Å². The highest BCUT2D eigenvalue weighted by Crippen LogP contribution is 2.32. The fourth-order valence-corrected chi connectivity index (χ4v) is 5.74. The number of ether oxygens (including phenoxy) is 3. The van der Waals surface area contributed by atoms with Gasteiger partial charge < -0.3 is 14.2 Å². The number of pyridine rings is 1. The molecule has 0 aliphatic heterocycles. The Bertz CT molecular complexity index is 1370. The molecule has 0 saturated carbocycles. The summed E-state index contributed by atoms with van der Waals surface area (Å²) in [5.41, 5.74) is 3.32. The molecule has 4 rings (SSSR count). The van der Waals surface area contributed by atoms with E-state index in [1.165, 1.54) is 0 Å². The molecule has 8 nitrogen and oxygen atoms in total. The number of hydrogen-bond acceptors (Lipinski definition) is 6. The molecule has 37 heavy (non-hydrogen) atoms. The lowest BCUT2D eigenvalue weighted by Crippen LogP contribution is -2.22. The van der Waals surface area contributed by atoms with Gasteiger partial charge >= 0.3 is 0 Å². The number of fused-ring (bicyclic) bond motifs is 2. The maximum absolute atomic E-state index is 6.19. The molecule has 200 valence electrons. The SMILES string of the molecule is COc1ccc2nc(-c3nn(COCC[Si](C)(C)C)c4ncc(Br)cc34)n(COCC[Si](C)(C)C)c2c1. The highest BCUT2D eigenvalue weighted by molar-refractivity contribution is 9.10. The van der Waals surface area contributed by atoms with Gasteiger partial charge in [0, 0.05) is 46.1 Å². The number of nitrogens with zero attached hydrogens (tertiary/aromatic N) is 5. The first-order chi connectivity index (χ1) is 17.4. The monoisotopic (exact) mass is 603 g/mol. The third-order valence-corrected chi connectivity index (χ3v) is 9.99. The Hall–Kier alpha value is -2.06. The van der Waals surface area contributed by atoms with Gasteiger partial charge in [0.25, 0.3) is 0 Å². The summed E-state index contributed by atoms with van der Waals surface area (Å²) in [6, 6.07) is 10.1. The number of benzene rings is 1. The largest absolute Gasteiger partial charge is 0.497 e. The van der Waals surface area contributed by atoms with Gasteiger partial charge in [-0.25, -0.2) is 14.6 Å². The zero-order valence-electron chi connectivity index (χ0n) is 23.0. The second-order valence-corrected chi connectivity index (χ2v) is 23.9. The van der Waals surface area contributed by atoms with Crippen molar-refractivity contribution in [1.29, 1.82) is 0 Å². The van der Waals surface area contributed by atoms with Crippen LogP contribution in [0, 0.1) is 0 Å². The number of hydrogen-bond donors (Lipinski definition) is 0. The number of methoxy groups -OCH3 is 1. The van der Waals surface area contributed by atoms with E-state index in [4.69, 9.17) is 24.3 Å². The number of halogens is 1. The summed E-state index contributed by atoms with van der Waals surface area (Å²) in [7, 11) is -0.707. The molecule has 0 N–H and O–H groups in total. The lowest BCUT2D eigenvalue weighted by molar-refractivity contribution is 0.0812. The summed E-state index contributed by atoms with van der Waals surface area (Å²) in [5, 5.41) is 5.87. The first-order valence-corrected chi connectivity index (χ1v) is 20.9. The van der Waals surface area contributed by atoms with Crippen LogP contribution in [-0.2, 0) is 22.9 Å². The van der Waals surface area contributed by atoms with Crippen molar-refractivity contribution < 1.29 is 14.2 Å². The molecule has 0 bridgehead atoms. The second kappa shape index (κ2) is 11.4. The van der Waals surface area contributed by atoms with E-state index in [1.54, 1.807) is 13.3 Å². The van der Waals surface area contributed by atoms with Crippen molar-refractivity contribution in [3.05, 3.63) is 34.9 Å². The predicted molar refractivity (Wildman–Crippen MR) is 159 cm³/mol. The van der Waals surface area contributed by atoms with Crippen molar-refractivity contribution in [2.75, 3.05) is 20.3 Å². The van der Waals surface area contributed by atoms with Gasteiger partial charge in [-0.15, -0.1) is 0 Å². The highest BCUT2D eigenvalue weighted by Gasteiger charge is 2.22. The molecule has 0 amide bonds. The Labute approximate surface area is 229 Å². The van der Waals surface area contributed by atoms with Crippen molar-refractivity contribution in [3.8, 4) is 17.3 Å². The molecule has 0 saturated heterocycles. The average molecular weight is 605 g/mol.